The summed E-state index contributed by atoms with van der Waals surface area (Å²) in [7, 11) is 0. The first kappa shape index (κ1) is 23.1. The van der Waals surface area contributed by atoms with Crippen LogP contribution < -0.4 is 5.32 Å². The minimum atomic E-state index is -0.0933. The van der Waals surface area contributed by atoms with Gasteiger partial charge in [-0.05, 0) is 44.7 Å². The van der Waals surface area contributed by atoms with Crippen molar-refractivity contribution in [3.05, 3.63) is 70.5 Å². The highest BCUT2D eigenvalue weighted by Gasteiger charge is 2.31. The Labute approximate surface area is 199 Å². The van der Waals surface area contributed by atoms with Crippen molar-refractivity contribution < 1.29 is 9.59 Å². The molecule has 1 aliphatic heterocycles. The summed E-state index contributed by atoms with van der Waals surface area (Å²) in [5, 5.41) is 3.88. The van der Waals surface area contributed by atoms with Gasteiger partial charge in [-0.25, -0.2) is 4.98 Å². The molecule has 1 saturated heterocycles. The van der Waals surface area contributed by atoms with Gasteiger partial charge in [0.1, 0.15) is 9.88 Å². The number of thiazole rings is 1. The van der Waals surface area contributed by atoms with Gasteiger partial charge in [0.25, 0.3) is 5.91 Å². The summed E-state index contributed by atoms with van der Waals surface area (Å²) < 4.78 is 0. The zero-order valence-electron chi connectivity index (χ0n) is 19.4. The van der Waals surface area contributed by atoms with Crippen LogP contribution in [0.3, 0.4) is 0 Å². The number of hydrogen-bond donors (Lipinski definition) is 1. The topological polar surface area (TPSA) is 75.2 Å². The number of nitrogens with one attached hydrogen (secondary N) is 1. The van der Waals surface area contributed by atoms with E-state index >= 15 is 0 Å². The Morgan fingerprint density at radius 2 is 1.85 bits per heavy atom. The maximum Gasteiger partial charge on any atom is 0.265 e. The van der Waals surface area contributed by atoms with Gasteiger partial charge in [-0.2, -0.15) is 0 Å². The Morgan fingerprint density at radius 3 is 2.52 bits per heavy atom. The Bertz CT molecular complexity index is 1100. The lowest BCUT2D eigenvalue weighted by molar-refractivity contribution is -0.126. The highest BCUT2D eigenvalue weighted by molar-refractivity contribution is 7.17. The molecule has 3 aromatic rings. The average Bonchev–Trinajstić information content (AvgIpc) is 3.24. The van der Waals surface area contributed by atoms with Crippen LogP contribution in [0.25, 0.3) is 10.6 Å². The fourth-order valence-electron chi connectivity index (χ4n) is 4.22. The first-order valence-electron chi connectivity index (χ1n) is 11.4. The van der Waals surface area contributed by atoms with Crippen LogP contribution in [0.5, 0.6) is 0 Å². The molecule has 172 valence electrons. The molecule has 4 rings (SSSR count). The molecule has 1 atom stereocenters. The second kappa shape index (κ2) is 10.3. The molecule has 0 aliphatic carbocycles. The Balaban J connectivity index is 1.32. The van der Waals surface area contributed by atoms with E-state index in [4.69, 9.17) is 0 Å². The quantitative estimate of drug-likeness (QED) is 0.580. The van der Waals surface area contributed by atoms with Gasteiger partial charge < -0.3 is 10.2 Å². The average molecular weight is 463 g/mol. The first-order valence-corrected chi connectivity index (χ1v) is 12.3. The molecule has 3 heterocycles. The number of aromatic nitrogens is 2. The minimum Gasteiger partial charge on any atom is -0.350 e. The van der Waals surface area contributed by atoms with Crippen molar-refractivity contribution >= 4 is 23.2 Å². The third kappa shape index (κ3) is 5.47. The number of rotatable bonds is 6. The summed E-state index contributed by atoms with van der Waals surface area (Å²) in [6, 6.07) is 13.9. The molecule has 1 aliphatic rings. The van der Waals surface area contributed by atoms with E-state index in [1.807, 2.05) is 49.1 Å². The smallest absolute Gasteiger partial charge is 0.265 e. The minimum absolute atomic E-state index is 0.0477. The predicted octanol–water partition coefficient (Wildman–Crippen LogP) is 4.63. The standard InChI is InChI=1S/C26H30N4O2S/c1-17-7-9-21(10-8-17)25-29-19(3)23(33-25)26(32)30-14-11-20(12-15-30)18(2)24(31)28-16-22-6-4-5-13-27-22/h4-10,13,18,20H,11-12,14-16H2,1-3H3,(H,28,31). The number of aryl methyl sites for hydroxylation is 2. The zero-order chi connectivity index (χ0) is 23.4. The van der Waals surface area contributed by atoms with Gasteiger partial charge in [0, 0.05) is 30.8 Å². The molecule has 0 radical (unpaired) electrons. The van der Waals surface area contributed by atoms with Crippen LogP contribution in [0.2, 0.25) is 0 Å². The fraction of sp³-hybridized carbons (Fsp3) is 0.385. The Morgan fingerprint density at radius 1 is 1.12 bits per heavy atom. The SMILES string of the molecule is Cc1ccc(-c2nc(C)c(C(=O)N3CCC(C(C)C(=O)NCc4ccccn4)CC3)s2)cc1. The monoisotopic (exact) mass is 462 g/mol. The summed E-state index contributed by atoms with van der Waals surface area (Å²) >= 11 is 1.46. The summed E-state index contributed by atoms with van der Waals surface area (Å²) in [5.74, 6) is 0.272. The molecular weight excluding hydrogens is 432 g/mol. The van der Waals surface area contributed by atoms with Gasteiger partial charge in [0.2, 0.25) is 5.91 Å². The molecule has 0 saturated carbocycles. The molecule has 33 heavy (non-hydrogen) atoms. The zero-order valence-corrected chi connectivity index (χ0v) is 20.2. The van der Waals surface area contributed by atoms with E-state index in [1.54, 1.807) is 6.20 Å². The predicted molar refractivity (Wildman–Crippen MR) is 131 cm³/mol. The summed E-state index contributed by atoms with van der Waals surface area (Å²) in [6.07, 6.45) is 3.38. The molecule has 2 amide bonds. The van der Waals surface area contributed by atoms with Crippen LogP contribution in [0.1, 0.15) is 46.4 Å². The van der Waals surface area contributed by atoms with E-state index in [0.717, 1.165) is 34.8 Å². The van der Waals surface area contributed by atoms with E-state index in [-0.39, 0.29) is 23.7 Å². The highest BCUT2D eigenvalue weighted by atomic mass is 32.1. The number of piperidine rings is 1. The molecule has 0 bridgehead atoms. The van der Waals surface area contributed by atoms with Crippen LogP contribution in [-0.2, 0) is 11.3 Å². The molecular formula is C26H30N4O2S. The number of benzene rings is 1. The second-order valence-electron chi connectivity index (χ2n) is 8.76. The van der Waals surface area contributed by atoms with E-state index in [0.29, 0.717) is 24.5 Å². The van der Waals surface area contributed by atoms with Crippen LogP contribution in [0, 0.1) is 25.7 Å². The largest absolute Gasteiger partial charge is 0.350 e. The molecule has 0 spiro atoms. The van der Waals surface area contributed by atoms with Gasteiger partial charge in [-0.15, -0.1) is 11.3 Å². The number of nitrogens with zero attached hydrogens (tertiary/aromatic N) is 3. The van der Waals surface area contributed by atoms with E-state index in [1.165, 1.54) is 16.9 Å². The number of hydrogen-bond acceptors (Lipinski definition) is 5. The van der Waals surface area contributed by atoms with E-state index in [2.05, 4.69) is 34.3 Å². The van der Waals surface area contributed by atoms with Gasteiger partial charge in [0.05, 0.1) is 17.9 Å². The molecule has 1 fully saturated rings. The molecule has 1 N–H and O–H groups in total. The maximum atomic E-state index is 13.2. The van der Waals surface area contributed by atoms with Gasteiger partial charge in [-0.3, -0.25) is 14.6 Å². The van der Waals surface area contributed by atoms with Crippen LogP contribution in [0.15, 0.2) is 48.7 Å². The van der Waals surface area contributed by atoms with Crippen molar-refractivity contribution in [1.29, 1.82) is 0 Å². The summed E-state index contributed by atoms with van der Waals surface area (Å²) in [6.45, 7) is 7.71. The van der Waals surface area contributed by atoms with E-state index in [9.17, 15) is 9.59 Å². The lowest BCUT2D eigenvalue weighted by Crippen LogP contribution is -2.42. The molecule has 1 unspecified atom stereocenters. The van der Waals surface area contributed by atoms with Gasteiger partial charge in [-0.1, -0.05) is 42.8 Å². The van der Waals surface area contributed by atoms with Crippen molar-refractivity contribution in [2.45, 2.75) is 40.2 Å². The van der Waals surface area contributed by atoms with E-state index < -0.39 is 0 Å². The first-order chi connectivity index (χ1) is 15.9. The normalized spacial score (nSPS) is 15.3. The number of carbonyl (C=O) groups is 2. The van der Waals surface area contributed by atoms with Crippen molar-refractivity contribution in [2.24, 2.45) is 11.8 Å². The van der Waals surface area contributed by atoms with Crippen LogP contribution >= 0.6 is 11.3 Å². The molecule has 6 nitrogen and oxygen atoms in total. The number of pyridine rings is 1. The molecule has 2 aromatic heterocycles. The number of amides is 2. The highest BCUT2D eigenvalue weighted by Crippen LogP contribution is 2.31. The second-order valence-corrected chi connectivity index (χ2v) is 9.76. The lowest BCUT2D eigenvalue weighted by atomic mass is 9.84. The van der Waals surface area contributed by atoms with Crippen molar-refractivity contribution in [3.63, 3.8) is 0 Å². The number of carbonyl (C=O) groups excluding carboxylic acids is 2. The van der Waals surface area contributed by atoms with Gasteiger partial charge >= 0.3 is 0 Å². The van der Waals surface area contributed by atoms with Crippen LogP contribution in [0.4, 0.5) is 0 Å². The third-order valence-corrected chi connectivity index (χ3v) is 7.60. The van der Waals surface area contributed by atoms with Gasteiger partial charge in [0.15, 0.2) is 0 Å². The van der Waals surface area contributed by atoms with Crippen molar-refractivity contribution in [2.75, 3.05) is 13.1 Å². The number of likely N-dealkylation sites (tertiary alicyclic amines) is 1. The molecule has 1 aromatic carbocycles. The Hall–Kier alpha value is -3.06. The summed E-state index contributed by atoms with van der Waals surface area (Å²) in [5.41, 5.74) is 3.87. The lowest BCUT2D eigenvalue weighted by Gasteiger charge is -2.34. The molecule has 7 heteroatoms. The van der Waals surface area contributed by atoms with Crippen LogP contribution in [-0.4, -0.2) is 39.8 Å². The van der Waals surface area contributed by atoms with Crippen molar-refractivity contribution in [1.82, 2.24) is 20.2 Å². The summed E-state index contributed by atoms with van der Waals surface area (Å²) in [4.78, 5) is 37.4. The maximum absolute atomic E-state index is 13.2. The van der Waals surface area contributed by atoms with Crippen molar-refractivity contribution in [3.8, 4) is 10.6 Å². The fourth-order valence-corrected chi connectivity index (χ4v) is 5.26. The third-order valence-electron chi connectivity index (χ3n) is 6.41. The Kier molecular flexibility index (Phi) is 7.18.